The van der Waals surface area contributed by atoms with E-state index in [1.54, 1.807) is 0 Å². The fraction of sp³-hybridized carbons (Fsp3) is 0.471. The highest BCUT2D eigenvalue weighted by Gasteiger charge is 2.25. The second-order valence-corrected chi connectivity index (χ2v) is 10.4. The molecule has 0 aromatic carbocycles. The highest BCUT2D eigenvalue weighted by atomic mass is 16.6. The van der Waals surface area contributed by atoms with Gasteiger partial charge in [0.25, 0.3) is 0 Å². The van der Waals surface area contributed by atoms with Crippen molar-refractivity contribution in [1.82, 2.24) is 20.6 Å². The van der Waals surface area contributed by atoms with Crippen LogP contribution in [0.15, 0.2) is 73.3 Å². The van der Waals surface area contributed by atoms with Gasteiger partial charge in [0, 0.05) is 44.1 Å². The predicted molar refractivity (Wildman–Crippen MR) is 178 cm³/mol. The molecule has 0 aliphatic heterocycles. The molecule has 0 saturated carbocycles. The van der Waals surface area contributed by atoms with Crippen LogP contribution in [0.4, 0.5) is 0 Å². The predicted octanol–water partition coefficient (Wildman–Crippen LogP) is 3.53. The van der Waals surface area contributed by atoms with Gasteiger partial charge in [-0.1, -0.05) is 67.7 Å². The zero-order chi connectivity index (χ0) is 33.8. The van der Waals surface area contributed by atoms with E-state index >= 15 is 0 Å². The van der Waals surface area contributed by atoms with Crippen molar-refractivity contribution < 1.29 is 28.7 Å². The Bertz CT molecular complexity index is 1200. The number of hydrogen-bond donors (Lipinski definition) is 5. The zero-order valence-corrected chi connectivity index (χ0v) is 26.8. The topological polar surface area (TPSA) is 199 Å². The maximum atomic E-state index is 12.7. The van der Waals surface area contributed by atoms with Crippen molar-refractivity contribution in [3.05, 3.63) is 79.0 Å². The Morgan fingerprint density at radius 1 is 0.891 bits per heavy atom. The largest absolute Gasteiger partial charge is 0.392 e. The minimum atomic E-state index is -1.14. The Morgan fingerprint density at radius 3 is 2.07 bits per heavy atom. The number of esters is 2. The maximum absolute atomic E-state index is 12.7. The van der Waals surface area contributed by atoms with Gasteiger partial charge in [0.2, 0.25) is 17.7 Å². The lowest BCUT2D eigenvalue weighted by Crippen LogP contribution is -2.46. The number of amides is 3. The molecule has 1 rings (SSSR count). The van der Waals surface area contributed by atoms with E-state index in [1.807, 2.05) is 12.2 Å². The number of carbonyl (C=O) groups excluding carboxylic acids is 5. The molecule has 2 atom stereocenters. The molecule has 252 valence electrons. The number of hydrogen-bond acceptors (Lipinski definition) is 8. The second-order valence-electron chi connectivity index (χ2n) is 10.4. The molecule has 1 aromatic rings. The first-order valence-electron chi connectivity index (χ1n) is 15.8. The molecule has 7 N–H and O–H groups in total. The summed E-state index contributed by atoms with van der Waals surface area (Å²) >= 11 is 0. The van der Waals surface area contributed by atoms with E-state index in [9.17, 15) is 24.0 Å². The van der Waals surface area contributed by atoms with Crippen molar-refractivity contribution in [1.29, 1.82) is 0 Å². The molecule has 0 saturated heterocycles. The Kier molecular flexibility index (Phi) is 22.1. The number of nitrogens with zero attached hydrogens (tertiary/aromatic N) is 1. The number of unbranched alkanes of at least 4 members (excludes halogenated alkanes) is 1. The number of ether oxygens (including phenoxy) is 1. The Balaban J connectivity index is 2.35. The summed E-state index contributed by atoms with van der Waals surface area (Å²) in [5.74, 6) is -3.21. The summed E-state index contributed by atoms with van der Waals surface area (Å²) in [6.45, 7) is 2.08. The van der Waals surface area contributed by atoms with Crippen LogP contribution in [0.1, 0.15) is 83.2 Å². The smallest absolute Gasteiger partial charge is 0.336 e. The molecular weight excluding hydrogens is 588 g/mol. The number of carbonyl (C=O) groups is 5. The summed E-state index contributed by atoms with van der Waals surface area (Å²) in [5.41, 5.74) is 11.3. The number of aromatic nitrogens is 2. The van der Waals surface area contributed by atoms with Gasteiger partial charge in [-0.05, 0) is 51.4 Å². The van der Waals surface area contributed by atoms with Crippen LogP contribution in [0.2, 0.25) is 0 Å². The summed E-state index contributed by atoms with van der Waals surface area (Å²) in [5, 5.41) is 5.05. The van der Waals surface area contributed by atoms with Crippen molar-refractivity contribution in [3.63, 3.8) is 0 Å². The minimum absolute atomic E-state index is 0.0300. The van der Waals surface area contributed by atoms with Gasteiger partial charge >= 0.3 is 11.9 Å². The Labute approximate surface area is 271 Å². The van der Waals surface area contributed by atoms with Gasteiger partial charge in [0.05, 0.1) is 12.4 Å². The van der Waals surface area contributed by atoms with Crippen molar-refractivity contribution in [2.75, 3.05) is 6.54 Å². The normalized spacial score (nSPS) is 13.2. The summed E-state index contributed by atoms with van der Waals surface area (Å²) in [6, 6.07) is -2.08. The average molecular weight is 639 g/mol. The molecule has 1 heterocycles. The van der Waals surface area contributed by atoms with E-state index in [2.05, 4.69) is 76.1 Å². The minimum Gasteiger partial charge on any atom is -0.392 e. The number of rotatable bonds is 24. The first-order valence-corrected chi connectivity index (χ1v) is 15.8. The van der Waals surface area contributed by atoms with E-state index in [0.717, 1.165) is 32.1 Å². The van der Waals surface area contributed by atoms with Gasteiger partial charge in [-0.2, -0.15) is 0 Å². The van der Waals surface area contributed by atoms with E-state index < -0.39 is 41.7 Å². The first-order chi connectivity index (χ1) is 22.2. The molecule has 3 amide bonds. The molecule has 0 fully saturated rings. The summed E-state index contributed by atoms with van der Waals surface area (Å²) in [6.07, 6.45) is 29.9. The van der Waals surface area contributed by atoms with Crippen LogP contribution in [-0.4, -0.2) is 58.3 Å². The molecule has 46 heavy (non-hydrogen) atoms. The number of primary amides is 1. The molecular formula is C34H50N6O6. The van der Waals surface area contributed by atoms with Gasteiger partial charge in [-0.25, -0.2) is 9.78 Å². The van der Waals surface area contributed by atoms with Crippen LogP contribution >= 0.6 is 0 Å². The summed E-state index contributed by atoms with van der Waals surface area (Å²) in [7, 11) is 0. The Morgan fingerprint density at radius 2 is 1.50 bits per heavy atom. The second kappa shape index (κ2) is 25.7. The lowest BCUT2D eigenvalue weighted by Gasteiger charge is -2.17. The van der Waals surface area contributed by atoms with Crippen molar-refractivity contribution >= 4 is 29.7 Å². The number of nitrogens with two attached hydrogens (primary N) is 2. The summed E-state index contributed by atoms with van der Waals surface area (Å²) in [4.78, 5) is 67.1. The molecule has 0 aliphatic carbocycles. The average Bonchev–Trinajstić information content (AvgIpc) is 3.54. The van der Waals surface area contributed by atoms with Crippen LogP contribution in [0.25, 0.3) is 0 Å². The third-order valence-electron chi connectivity index (χ3n) is 6.41. The van der Waals surface area contributed by atoms with Crippen LogP contribution in [-0.2, 0) is 35.1 Å². The van der Waals surface area contributed by atoms with Crippen LogP contribution in [0, 0.1) is 0 Å². The highest BCUT2D eigenvalue weighted by Crippen LogP contribution is 2.06. The number of allylic oxidation sites excluding steroid dienone is 10. The first kappa shape index (κ1) is 39.4. The molecule has 2 unspecified atom stereocenters. The zero-order valence-electron chi connectivity index (χ0n) is 26.8. The molecule has 0 aliphatic rings. The fourth-order valence-corrected chi connectivity index (χ4v) is 3.90. The molecule has 0 bridgehead atoms. The van der Waals surface area contributed by atoms with Gasteiger partial charge in [-0.15, -0.1) is 0 Å². The quantitative estimate of drug-likeness (QED) is 0.0490. The van der Waals surface area contributed by atoms with Gasteiger partial charge < -0.3 is 31.8 Å². The van der Waals surface area contributed by atoms with E-state index in [4.69, 9.17) is 16.2 Å². The van der Waals surface area contributed by atoms with Gasteiger partial charge in [0.15, 0.2) is 0 Å². The van der Waals surface area contributed by atoms with Crippen molar-refractivity contribution in [2.24, 2.45) is 11.5 Å². The third-order valence-corrected chi connectivity index (χ3v) is 6.41. The number of imidazole rings is 1. The molecule has 12 heteroatoms. The molecule has 0 radical (unpaired) electrons. The maximum Gasteiger partial charge on any atom is 0.336 e. The lowest BCUT2D eigenvalue weighted by atomic mass is 10.1. The standard InChI is InChI=1S/C34H50N6O6/c1-2-3-4-5-6-7-8-9-10-11-12-13-14-15-16-17-18-19-32(43)46-34(45)29(24-27-25-37-26-39-27)40-31(42)22-23-38-33(44)28(35)20-21-30(36)41/h3-4,6-7,9-10,12-13,15-16,25-26,28-29H,2,5,8,11,14,17-24,35H2,1H3,(H2,36,41)(H,37,39)(H,38,44)(H,40,42)/b4-3-,7-6-,10-9-,13-12-,16-15-. The monoisotopic (exact) mass is 638 g/mol. The fourth-order valence-electron chi connectivity index (χ4n) is 3.90. The van der Waals surface area contributed by atoms with E-state index in [0.29, 0.717) is 18.5 Å². The number of nitrogens with one attached hydrogen (secondary N) is 3. The lowest BCUT2D eigenvalue weighted by molar-refractivity contribution is -0.162. The summed E-state index contributed by atoms with van der Waals surface area (Å²) < 4.78 is 5.01. The molecule has 0 spiro atoms. The van der Waals surface area contributed by atoms with Crippen LogP contribution in [0.3, 0.4) is 0 Å². The Hall–Kier alpha value is -4.58. The van der Waals surface area contributed by atoms with Crippen LogP contribution < -0.4 is 22.1 Å². The SMILES string of the molecule is CC/C=C\C/C=C\C/C=C\C/C=C\C/C=C\CCCC(=O)OC(=O)C(Cc1cnc[nH]1)NC(=O)CCNC(=O)C(N)CCC(N)=O. The van der Waals surface area contributed by atoms with Crippen LogP contribution in [0.5, 0.6) is 0 Å². The number of H-pyrrole nitrogens is 1. The number of aromatic amines is 1. The van der Waals surface area contributed by atoms with Gasteiger partial charge in [0.1, 0.15) is 6.04 Å². The van der Waals surface area contributed by atoms with Gasteiger partial charge in [-0.3, -0.25) is 19.2 Å². The molecule has 1 aromatic heterocycles. The van der Waals surface area contributed by atoms with E-state index in [1.165, 1.54) is 12.5 Å². The molecule has 12 nitrogen and oxygen atoms in total. The van der Waals surface area contributed by atoms with Crippen molar-refractivity contribution in [3.8, 4) is 0 Å². The third kappa shape index (κ3) is 21.2. The van der Waals surface area contributed by atoms with E-state index in [-0.39, 0.29) is 38.6 Å². The highest BCUT2D eigenvalue weighted by molar-refractivity contribution is 5.91. The van der Waals surface area contributed by atoms with Crippen molar-refractivity contribution in [2.45, 2.75) is 96.1 Å².